The van der Waals surface area contributed by atoms with E-state index in [1.807, 2.05) is 41.9 Å². The average molecular weight is 428 g/mol. The Morgan fingerprint density at radius 2 is 1.78 bits per heavy atom. The Labute approximate surface area is 185 Å². The number of anilines is 1. The lowest BCUT2D eigenvalue weighted by Gasteiger charge is -2.38. The molecule has 0 saturated carbocycles. The molecule has 0 saturated heterocycles. The number of aryl methyl sites for hydroxylation is 1. The van der Waals surface area contributed by atoms with Crippen LogP contribution in [-0.4, -0.2) is 20.5 Å². The number of nitro groups is 1. The van der Waals surface area contributed by atoms with Crippen molar-refractivity contribution in [2.24, 2.45) is 5.41 Å². The molecular weight excluding hydrogens is 404 g/mol. The van der Waals surface area contributed by atoms with Gasteiger partial charge in [0.25, 0.3) is 5.69 Å². The number of nitro benzene ring substituents is 1. The predicted octanol–water partition coefficient (Wildman–Crippen LogP) is 5.29. The monoisotopic (exact) mass is 428 g/mol. The highest BCUT2D eigenvalue weighted by Gasteiger charge is 2.43. The van der Waals surface area contributed by atoms with Gasteiger partial charge in [0.15, 0.2) is 5.78 Å². The standard InChI is InChI=1S/C25H24N4O3/c1-15-21-22(16-9-11-18(12-10-16)29(31)32)23-19(13-25(2,3)14-20(23)30)26-24(21)28(27-15)17-7-5-4-6-8-17/h4-12,22,26H,13-14H2,1-3H3. The van der Waals surface area contributed by atoms with Gasteiger partial charge in [-0.15, -0.1) is 0 Å². The Morgan fingerprint density at radius 3 is 2.44 bits per heavy atom. The number of para-hydroxylation sites is 1. The van der Waals surface area contributed by atoms with Gasteiger partial charge in [-0.25, -0.2) is 4.68 Å². The summed E-state index contributed by atoms with van der Waals surface area (Å²) in [6.07, 6.45) is 1.22. The van der Waals surface area contributed by atoms with Gasteiger partial charge in [0.05, 0.1) is 16.3 Å². The lowest BCUT2D eigenvalue weighted by Crippen LogP contribution is -2.34. The summed E-state index contributed by atoms with van der Waals surface area (Å²) in [5.41, 5.74) is 5.10. The molecule has 0 radical (unpaired) electrons. The lowest BCUT2D eigenvalue weighted by molar-refractivity contribution is -0.384. The molecule has 1 unspecified atom stereocenters. The molecule has 5 rings (SSSR count). The minimum Gasteiger partial charge on any atom is -0.343 e. The largest absolute Gasteiger partial charge is 0.343 e. The van der Waals surface area contributed by atoms with Gasteiger partial charge >= 0.3 is 0 Å². The van der Waals surface area contributed by atoms with E-state index in [1.165, 1.54) is 12.1 Å². The molecule has 32 heavy (non-hydrogen) atoms. The molecule has 7 heteroatoms. The second-order valence-corrected chi connectivity index (χ2v) is 9.33. The highest BCUT2D eigenvalue weighted by molar-refractivity contribution is 6.01. The van der Waals surface area contributed by atoms with Crippen LogP contribution in [0.25, 0.3) is 5.69 Å². The Bertz CT molecular complexity index is 1270. The molecule has 3 aromatic rings. The first-order valence-corrected chi connectivity index (χ1v) is 10.7. The lowest BCUT2D eigenvalue weighted by atomic mass is 9.69. The highest BCUT2D eigenvalue weighted by Crippen LogP contribution is 2.50. The van der Waals surface area contributed by atoms with Crippen LogP contribution in [0.3, 0.4) is 0 Å². The molecule has 7 nitrogen and oxygen atoms in total. The summed E-state index contributed by atoms with van der Waals surface area (Å²) in [5, 5.41) is 19.5. The molecule has 2 heterocycles. The first-order valence-electron chi connectivity index (χ1n) is 10.7. The summed E-state index contributed by atoms with van der Waals surface area (Å²) in [7, 11) is 0. The zero-order valence-electron chi connectivity index (χ0n) is 18.3. The van der Waals surface area contributed by atoms with Crippen LogP contribution in [0.2, 0.25) is 0 Å². The molecule has 1 aromatic heterocycles. The third kappa shape index (κ3) is 3.21. The number of fused-ring (bicyclic) bond motifs is 1. The molecule has 162 valence electrons. The molecule has 0 fully saturated rings. The van der Waals surface area contributed by atoms with Gasteiger partial charge < -0.3 is 5.32 Å². The molecule has 1 atom stereocenters. The van der Waals surface area contributed by atoms with Crippen molar-refractivity contribution in [3.8, 4) is 5.69 Å². The van der Waals surface area contributed by atoms with E-state index in [1.54, 1.807) is 12.1 Å². The maximum Gasteiger partial charge on any atom is 0.269 e. The number of non-ortho nitro benzene ring substituents is 1. The number of ketones is 1. The minimum absolute atomic E-state index is 0.0323. The van der Waals surface area contributed by atoms with Crippen molar-refractivity contribution in [1.29, 1.82) is 0 Å². The number of nitrogens with one attached hydrogen (secondary N) is 1. The number of benzene rings is 2. The quantitative estimate of drug-likeness (QED) is 0.452. The van der Waals surface area contributed by atoms with E-state index in [4.69, 9.17) is 5.10 Å². The fourth-order valence-electron chi connectivity index (χ4n) is 4.95. The van der Waals surface area contributed by atoms with Crippen molar-refractivity contribution in [2.75, 3.05) is 5.32 Å². The van der Waals surface area contributed by atoms with Crippen LogP contribution in [-0.2, 0) is 4.79 Å². The fourth-order valence-corrected chi connectivity index (χ4v) is 4.95. The van der Waals surface area contributed by atoms with E-state index >= 15 is 0 Å². The second-order valence-electron chi connectivity index (χ2n) is 9.33. The third-order valence-electron chi connectivity index (χ3n) is 6.31. The van der Waals surface area contributed by atoms with E-state index < -0.39 is 4.92 Å². The Balaban J connectivity index is 1.73. The molecule has 0 spiro atoms. The van der Waals surface area contributed by atoms with Gasteiger partial charge in [-0.2, -0.15) is 5.10 Å². The van der Waals surface area contributed by atoms with E-state index in [2.05, 4.69) is 19.2 Å². The number of hydrogen-bond acceptors (Lipinski definition) is 5. The average Bonchev–Trinajstić information content (AvgIpc) is 3.08. The minimum atomic E-state index is -0.407. The number of rotatable bonds is 3. The molecule has 1 aliphatic carbocycles. The normalized spacial score (nSPS) is 19.2. The number of carbonyl (C=O) groups excluding carboxylic acids is 1. The Hall–Kier alpha value is -3.74. The van der Waals surface area contributed by atoms with Crippen LogP contribution in [0.15, 0.2) is 65.9 Å². The molecular formula is C25H24N4O3. The molecule has 0 amide bonds. The van der Waals surface area contributed by atoms with Gasteiger partial charge in [0.1, 0.15) is 5.82 Å². The summed E-state index contributed by atoms with van der Waals surface area (Å²) < 4.78 is 1.89. The highest BCUT2D eigenvalue weighted by atomic mass is 16.6. The molecule has 0 bridgehead atoms. The molecule has 1 N–H and O–H groups in total. The van der Waals surface area contributed by atoms with Crippen molar-refractivity contribution < 1.29 is 9.72 Å². The van der Waals surface area contributed by atoms with Gasteiger partial charge in [0, 0.05) is 41.3 Å². The van der Waals surface area contributed by atoms with Crippen LogP contribution in [0, 0.1) is 22.5 Å². The maximum atomic E-state index is 13.4. The Kier molecular flexibility index (Phi) is 4.51. The Morgan fingerprint density at radius 1 is 1.09 bits per heavy atom. The van der Waals surface area contributed by atoms with Crippen LogP contribution < -0.4 is 5.32 Å². The van der Waals surface area contributed by atoms with Crippen molar-refractivity contribution in [3.05, 3.63) is 92.8 Å². The summed E-state index contributed by atoms with van der Waals surface area (Å²) in [6, 6.07) is 16.4. The number of aromatic nitrogens is 2. The molecule has 2 aliphatic rings. The van der Waals surface area contributed by atoms with Gasteiger partial charge in [-0.1, -0.05) is 44.2 Å². The van der Waals surface area contributed by atoms with Crippen molar-refractivity contribution in [1.82, 2.24) is 9.78 Å². The van der Waals surface area contributed by atoms with Gasteiger partial charge in [-0.05, 0) is 36.5 Å². The third-order valence-corrected chi connectivity index (χ3v) is 6.31. The smallest absolute Gasteiger partial charge is 0.269 e. The zero-order chi connectivity index (χ0) is 22.6. The second kappa shape index (κ2) is 7.15. The zero-order valence-corrected chi connectivity index (χ0v) is 18.3. The molecule has 2 aromatic carbocycles. The summed E-state index contributed by atoms with van der Waals surface area (Å²) >= 11 is 0. The van der Waals surface area contributed by atoms with Crippen molar-refractivity contribution in [3.63, 3.8) is 0 Å². The summed E-state index contributed by atoms with van der Waals surface area (Å²) in [4.78, 5) is 24.1. The van der Waals surface area contributed by atoms with Crippen LogP contribution >= 0.6 is 0 Å². The predicted molar refractivity (Wildman–Crippen MR) is 122 cm³/mol. The van der Waals surface area contributed by atoms with Crippen molar-refractivity contribution >= 4 is 17.3 Å². The number of Topliss-reactive ketones (excluding diaryl/α,β-unsaturated/α-hetero) is 1. The van der Waals surface area contributed by atoms with Crippen LogP contribution in [0.4, 0.5) is 11.5 Å². The first-order chi connectivity index (χ1) is 15.2. The summed E-state index contributed by atoms with van der Waals surface area (Å²) in [6.45, 7) is 6.15. The first kappa shape index (κ1) is 20.2. The number of allylic oxidation sites excluding steroid dienone is 2. The van der Waals surface area contributed by atoms with Gasteiger partial charge in [0.2, 0.25) is 0 Å². The SMILES string of the molecule is Cc1nn(-c2ccccc2)c2c1C(c1ccc([N+](=O)[O-])cc1)C1=C(CC(C)(C)CC1=O)N2. The van der Waals surface area contributed by atoms with E-state index in [0.717, 1.165) is 46.0 Å². The van der Waals surface area contributed by atoms with Crippen molar-refractivity contribution in [2.45, 2.75) is 39.5 Å². The van der Waals surface area contributed by atoms with E-state index in [9.17, 15) is 14.9 Å². The number of nitrogens with zero attached hydrogens (tertiary/aromatic N) is 3. The number of hydrogen-bond donors (Lipinski definition) is 1. The molecule has 1 aliphatic heterocycles. The fraction of sp³-hybridized carbons (Fsp3) is 0.280. The van der Waals surface area contributed by atoms with Gasteiger partial charge in [-0.3, -0.25) is 14.9 Å². The van der Waals surface area contributed by atoms with Crippen LogP contribution in [0.1, 0.15) is 49.4 Å². The topological polar surface area (TPSA) is 90.1 Å². The summed E-state index contributed by atoms with van der Waals surface area (Å²) in [5.74, 6) is 0.647. The number of carbonyl (C=O) groups is 1. The van der Waals surface area contributed by atoms with Crippen LogP contribution in [0.5, 0.6) is 0 Å². The van der Waals surface area contributed by atoms with E-state index in [-0.39, 0.29) is 22.8 Å². The van der Waals surface area contributed by atoms with E-state index in [0.29, 0.717) is 6.42 Å². The maximum absolute atomic E-state index is 13.4.